The highest BCUT2D eigenvalue weighted by atomic mass is 35.5. The van der Waals surface area contributed by atoms with Gasteiger partial charge in [0.2, 0.25) is 0 Å². The second-order valence-electron chi connectivity index (χ2n) is 6.55. The van der Waals surface area contributed by atoms with Crippen LogP contribution in [0.3, 0.4) is 0 Å². The van der Waals surface area contributed by atoms with Gasteiger partial charge in [0.1, 0.15) is 18.2 Å². The second kappa shape index (κ2) is 8.79. The Labute approximate surface area is 171 Å². The van der Waals surface area contributed by atoms with E-state index in [1.54, 1.807) is 19.1 Å². The Balaban J connectivity index is 1.81. The first-order chi connectivity index (χ1) is 13.8. The van der Waals surface area contributed by atoms with Crippen LogP contribution >= 0.6 is 11.6 Å². The number of aryl methyl sites for hydroxylation is 1. The standard InChI is InChI=1S/C21H19ClN2O5/c1-12-7-18-15(10-16(12)22)14(9-19(25)29-18)11-28-20(26)17(24-21(23)27)8-13-5-3-2-4-6-13/h2-7,9-10,17H,8,11H2,1H3,(H3,23,24,27)/t17-/m0/s1. The zero-order chi connectivity index (χ0) is 21.0. The van der Waals surface area contributed by atoms with Crippen molar-refractivity contribution >= 4 is 34.6 Å². The number of hydrogen-bond acceptors (Lipinski definition) is 5. The average Bonchev–Trinajstić information content (AvgIpc) is 2.67. The number of carbonyl (C=O) groups excluding carboxylic acids is 2. The molecule has 0 unspecified atom stereocenters. The number of fused-ring (bicyclic) bond motifs is 1. The molecule has 2 amide bonds. The van der Waals surface area contributed by atoms with E-state index in [0.717, 1.165) is 11.1 Å². The molecule has 0 fully saturated rings. The van der Waals surface area contributed by atoms with Crippen LogP contribution in [0.15, 0.2) is 57.7 Å². The van der Waals surface area contributed by atoms with Gasteiger partial charge in [-0.1, -0.05) is 41.9 Å². The molecule has 0 spiro atoms. The summed E-state index contributed by atoms with van der Waals surface area (Å²) in [6.45, 7) is 1.60. The van der Waals surface area contributed by atoms with Gasteiger partial charge in [-0.2, -0.15) is 0 Å². The molecule has 3 N–H and O–H groups in total. The van der Waals surface area contributed by atoms with Crippen molar-refractivity contribution in [3.8, 4) is 0 Å². The first kappa shape index (κ1) is 20.4. The Kier molecular flexibility index (Phi) is 6.19. The van der Waals surface area contributed by atoms with Gasteiger partial charge in [0.25, 0.3) is 0 Å². The third-order valence-electron chi connectivity index (χ3n) is 4.36. The zero-order valence-electron chi connectivity index (χ0n) is 15.6. The molecular formula is C21H19ClN2O5. The topological polar surface area (TPSA) is 112 Å². The van der Waals surface area contributed by atoms with E-state index in [9.17, 15) is 14.4 Å². The molecule has 1 atom stereocenters. The minimum atomic E-state index is -0.966. The van der Waals surface area contributed by atoms with E-state index in [4.69, 9.17) is 26.5 Å². The van der Waals surface area contributed by atoms with Crippen molar-refractivity contribution < 1.29 is 18.7 Å². The zero-order valence-corrected chi connectivity index (χ0v) is 16.4. The van der Waals surface area contributed by atoms with Crippen LogP contribution in [-0.2, 0) is 22.6 Å². The second-order valence-corrected chi connectivity index (χ2v) is 6.95. The number of rotatable bonds is 6. The maximum atomic E-state index is 12.6. The van der Waals surface area contributed by atoms with Gasteiger partial charge in [0.05, 0.1) is 0 Å². The number of ether oxygens (including phenoxy) is 1. The van der Waals surface area contributed by atoms with E-state index in [1.165, 1.54) is 6.07 Å². The van der Waals surface area contributed by atoms with Crippen LogP contribution in [0.2, 0.25) is 5.02 Å². The first-order valence-electron chi connectivity index (χ1n) is 8.83. The van der Waals surface area contributed by atoms with Gasteiger partial charge in [0, 0.05) is 28.5 Å². The normalized spacial score (nSPS) is 11.8. The minimum absolute atomic E-state index is 0.188. The van der Waals surface area contributed by atoms with Gasteiger partial charge in [-0.15, -0.1) is 0 Å². The van der Waals surface area contributed by atoms with Crippen LogP contribution < -0.4 is 16.7 Å². The van der Waals surface area contributed by atoms with Crippen molar-refractivity contribution in [2.45, 2.75) is 26.0 Å². The van der Waals surface area contributed by atoms with E-state index < -0.39 is 23.7 Å². The number of halogens is 1. The SMILES string of the molecule is Cc1cc2oc(=O)cc(COC(=O)[C@H](Cc3ccccc3)NC(N)=O)c2cc1Cl. The largest absolute Gasteiger partial charge is 0.459 e. The Morgan fingerprint density at radius 2 is 1.93 bits per heavy atom. The Morgan fingerprint density at radius 1 is 1.21 bits per heavy atom. The summed E-state index contributed by atoms with van der Waals surface area (Å²) in [5.74, 6) is -0.674. The number of primary amides is 1. The lowest BCUT2D eigenvalue weighted by Gasteiger charge is -2.17. The number of amides is 2. The van der Waals surface area contributed by atoms with Crippen molar-refractivity contribution in [1.82, 2.24) is 5.32 Å². The maximum absolute atomic E-state index is 12.6. The van der Waals surface area contributed by atoms with Gasteiger partial charge in [-0.05, 0) is 30.2 Å². The molecule has 8 heteroatoms. The van der Waals surface area contributed by atoms with E-state index in [-0.39, 0.29) is 13.0 Å². The van der Waals surface area contributed by atoms with Crippen molar-refractivity contribution in [3.05, 3.63) is 80.7 Å². The van der Waals surface area contributed by atoms with Gasteiger partial charge in [-0.3, -0.25) is 0 Å². The third kappa shape index (κ3) is 5.14. The third-order valence-corrected chi connectivity index (χ3v) is 4.77. The van der Waals surface area contributed by atoms with Crippen LogP contribution in [0.25, 0.3) is 11.0 Å². The summed E-state index contributed by atoms with van der Waals surface area (Å²) in [4.78, 5) is 35.7. The monoisotopic (exact) mass is 414 g/mol. The van der Waals surface area contributed by atoms with Gasteiger partial charge in [0.15, 0.2) is 0 Å². The lowest BCUT2D eigenvalue weighted by atomic mass is 10.1. The first-order valence-corrected chi connectivity index (χ1v) is 9.20. The van der Waals surface area contributed by atoms with Gasteiger partial charge >= 0.3 is 17.6 Å². The van der Waals surface area contributed by atoms with Crippen LogP contribution in [0, 0.1) is 6.92 Å². The van der Waals surface area contributed by atoms with Crippen molar-refractivity contribution in [2.75, 3.05) is 0 Å². The Hall–Kier alpha value is -3.32. The van der Waals surface area contributed by atoms with Crippen molar-refractivity contribution in [1.29, 1.82) is 0 Å². The number of nitrogens with one attached hydrogen (secondary N) is 1. The molecule has 29 heavy (non-hydrogen) atoms. The molecule has 1 aromatic heterocycles. The van der Waals surface area contributed by atoms with Gasteiger partial charge < -0.3 is 20.2 Å². The fourth-order valence-corrected chi connectivity index (χ4v) is 3.10. The summed E-state index contributed by atoms with van der Waals surface area (Å²) in [6, 6.07) is 11.9. The molecule has 0 aliphatic rings. The predicted octanol–water partition coefficient (Wildman–Crippen LogP) is 3.08. The molecule has 3 aromatic rings. The van der Waals surface area contributed by atoms with Crippen LogP contribution in [-0.4, -0.2) is 18.0 Å². The molecule has 2 aromatic carbocycles. The van der Waals surface area contributed by atoms with Crippen molar-refractivity contribution in [3.63, 3.8) is 0 Å². The summed E-state index contributed by atoms with van der Waals surface area (Å²) in [5.41, 5.74) is 7.00. The average molecular weight is 415 g/mol. The van der Waals surface area contributed by atoms with Crippen LogP contribution in [0.5, 0.6) is 0 Å². The number of nitrogens with two attached hydrogens (primary N) is 1. The highest BCUT2D eigenvalue weighted by Crippen LogP contribution is 2.25. The maximum Gasteiger partial charge on any atom is 0.336 e. The minimum Gasteiger partial charge on any atom is -0.459 e. The smallest absolute Gasteiger partial charge is 0.336 e. The van der Waals surface area contributed by atoms with Crippen LogP contribution in [0.4, 0.5) is 4.79 Å². The lowest BCUT2D eigenvalue weighted by Crippen LogP contribution is -2.45. The number of hydrogen-bond donors (Lipinski definition) is 2. The van der Waals surface area contributed by atoms with E-state index >= 15 is 0 Å². The molecule has 3 rings (SSSR count). The molecule has 0 radical (unpaired) electrons. The molecule has 0 aliphatic heterocycles. The van der Waals surface area contributed by atoms with E-state index in [0.29, 0.717) is 21.6 Å². The van der Waals surface area contributed by atoms with Gasteiger partial charge in [-0.25, -0.2) is 14.4 Å². The molecule has 1 heterocycles. The summed E-state index contributed by atoms with van der Waals surface area (Å²) in [7, 11) is 0. The molecule has 0 bridgehead atoms. The fraction of sp³-hybridized carbons (Fsp3) is 0.190. The highest BCUT2D eigenvalue weighted by Gasteiger charge is 2.22. The summed E-state index contributed by atoms with van der Waals surface area (Å²) in [6.07, 6.45) is 0.214. The van der Waals surface area contributed by atoms with Crippen molar-refractivity contribution in [2.24, 2.45) is 5.73 Å². The summed E-state index contributed by atoms with van der Waals surface area (Å²) < 4.78 is 10.6. The van der Waals surface area contributed by atoms with E-state index in [1.807, 2.05) is 30.3 Å². The molecule has 7 nitrogen and oxygen atoms in total. The van der Waals surface area contributed by atoms with Crippen LogP contribution in [0.1, 0.15) is 16.7 Å². The molecule has 0 saturated carbocycles. The predicted molar refractivity (Wildman–Crippen MR) is 109 cm³/mol. The lowest BCUT2D eigenvalue weighted by molar-refractivity contribution is -0.147. The highest BCUT2D eigenvalue weighted by molar-refractivity contribution is 6.32. The molecular weight excluding hydrogens is 396 g/mol. The quantitative estimate of drug-likeness (QED) is 0.475. The number of urea groups is 1. The number of benzene rings is 2. The Bertz CT molecular complexity index is 1110. The number of carbonyl (C=O) groups is 2. The molecule has 150 valence electrons. The van der Waals surface area contributed by atoms with E-state index in [2.05, 4.69) is 5.32 Å². The Morgan fingerprint density at radius 3 is 2.62 bits per heavy atom. The molecule has 0 aliphatic carbocycles. The number of esters is 1. The molecule has 0 saturated heterocycles. The fourth-order valence-electron chi connectivity index (χ4n) is 2.93. The summed E-state index contributed by atoms with van der Waals surface area (Å²) in [5, 5.41) is 3.45. The summed E-state index contributed by atoms with van der Waals surface area (Å²) >= 11 is 6.17.